The van der Waals surface area contributed by atoms with Crippen molar-refractivity contribution in [3.05, 3.63) is 218 Å². The van der Waals surface area contributed by atoms with Crippen molar-refractivity contribution in [3.63, 3.8) is 0 Å². The summed E-state index contributed by atoms with van der Waals surface area (Å²) in [7, 11) is 0. The number of furan rings is 1. The maximum absolute atomic E-state index is 6.40. The standard InChI is InChI=1S/C58H36N2OS2/c1-3-15-40(16-4-1)59(41-17-5-2-6-18-41)42-19-11-20-43(34-42)60(44-27-30-56-52(35-44)47-21-9-10-24-55(47)62-56)45-26-28-48-49-23-12-22-46(58(49)63-57(48)36-45)39-25-29-53-50(32-39)51-31-37-13-7-8-14-38(37)33-54(51)61-53/h1-36H. The molecule has 296 valence electrons. The molecule has 0 aliphatic rings. The number of hydrogen-bond acceptors (Lipinski definition) is 5. The molecule has 63 heavy (non-hydrogen) atoms. The summed E-state index contributed by atoms with van der Waals surface area (Å²) in [6.07, 6.45) is 0. The van der Waals surface area contributed by atoms with Crippen LogP contribution in [0.5, 0.6) is 0 Å². The molecular formula is C58H36N2OS2. The van der Waals surface area contributed by atoms with E-state index in [9.17, 15) is 0 Å². The molecule has 0 saturated carbocycles. The summed E-state index contributed by atoms with van der Waals surface area (Å²) in [6.45, 7) is 0. The van der Waals surface area contributed by atoms with Gasteiger partial charge in [-0.05, 0) is 125 Å². The first-order valence-corrected chi connectivity index (χ1v) is 22.9. The molecule has 13 rings (SSSR count). The lowest BCUT2D eigenvalue weighted by Gasteiger charge is -2.29. The van der Waals surface area contributed by atoms with Crippen LogP contribution in [0, 0.1) is 0 Å². The molecule has 5 heteroatoms. The van der Waals surface area contributed by atoms with Crippen LogP contribution in [0.3, 0.4) is 0 Å². The van der Waals surface area contributed by atoms with Crippen LogP contribution in [0.15, 0.2) is 223 Å². The van der Waals surface area contributed by atoms with E-state index in [0.29, 0.717) is 0 Å². The van der Waals surface area contributed by atoms with E-state index < -0.39 is 0 Å². The lowest BCUT2D eigenvalue weighted by atomic mass is 10.00. The molecule has 3 nitrogen and oxygen atoms in total. The summed E-state index contributed by atoms with van der Waals surface area (Å²) >= 11 is 3.72. The summed E-state index contributed by atoms with van der Waals surface area (Å²) in [6, 6.07) is 79.2. The average Bonchev–Trinajstić information content (AvgIpc) is 4.02. The fraction of sp³-hybridized carbons (Fsp3) is 0. The maximum Gasteiger partial charge on any atom is 0.136 e. The summed E-state index contributed by atoms with van der Waals surface area (Å²) in [5.41, 5.74) is 10.8. The Bertz CT molecular complexity index is 3840. The molecule has 0 aliphatic heterocycles. The molecule has 0 saturated heterocycles. The minimum absolute atomic E-state index is 0.908. The zero-order valence-electron chi connectivity index (χ0n) is 33.9. The van der Waals surface area contributed by atoms with Gasteiger partial charge in [-0.25, -0.2) is 0 Å². The van der Waals surface area contributed by atoms with Gasteiger partial charge >= 0.3 is 0 Å². The zero-order chi connectivity index (χ0) is 41.4. The third-order valence-corrected chi connectivity index (χ3v) is 14.7. The van der Waals surface area contributed by atoms with E-state index in [-0.39, 0.29) is 0 Å². The topological polar surface area (TPSA) is 19.6 Å². The fourth-order valence-corrected chi connectivity index (χ4v) is 11.8. The van der Waals surface area contributed by atoms with Crippen LogP contribution in [0.25, 0.3) is 84.2 Å². The van der Waals surface area contributed by atoms with Gasteiger partial charge in [0.1, 0.15) is 11.2 Å². The second-order valence-corrected chi connectivity index (χ2v) is 18.2. The third kappa shape index (κ3) is 6.00. The smallest absolute Gasteiger partial charge is 0.136 e. The van der Waals surface area contributed by atoms with Gasteiger partial charge in [-0.1, -0.05) is 115 Å². The van der Waals surface area contributed by atoms with Crippen LogP contribution >= 0.6 is 22.7 Å². The van der Waals surface area contributed by atoms with Crippen molar-refractivity contribution in [2.45, 2.75) is 0 Å². The normalized spacial score (nSPS) is 11.8. The second-order valence-electron chi connectivity index (χ2n) is 16.1. The molecule has 0 spiro atoms. The highest BCUT2D eigenvalue weighted by molar-refractivity contribution is 7.26. The Morgan fingerprint density at radius 1 is 0.302 bits per heavy atom. The zero-order valence-corrected chi connectivity index (χ0v) is 35.5. The van der Waals surface area contributed by atoms with Crippen molar-refractivity contribution in [1.29, 1.82) is 0 Å². The van der Waals surface area contributed by atoms with E-state index >= 15 is 0 Å². The van der Waals surface area contributed by atoms with Gasteiger partial charge < -0.3 is 14.2 Å². The predicted octanol–water partition coefficient (Wildman–Crippen LogP) is 18.1. The van der Waals surface area contributed by atoms with Crippen LogP contribution in [0.1, 0.15) is 0 Å². The molecule has 0 N–H and O–H groups in total. The number of nitrogens with zero attached hydrogens (tertiary/aromatic N) is 2. The average molecular weight is 841 g/mol. The number of thiophene rings is 2. The largest absolute Gasteiger partial charge is 0.456 e. The Balaban J connectivity index is 0.976. The van der Waals surface area contributed by atoms with Crippen LogP contribution in [0.2, 0.25) is 0 Å². The highest BCUT2D eigenvalue weighted by Gasteiger charge is 2.20. The van der Waals surface area contributed by atoms with E-state index in [2.05, 4.69) is 228 Å². The highest BCUT2D eigenvalue weighted by atomic mass is 32.1. The molecule has 3 aromatic heterocycles. The van der Waals surface area contributed by atoms with E-state index in [4.69, 9.17) is 4.42 Å². The van der Waals surface area contributed by atoms with E-state index in [1.807, 2.05) is 22.7 Å². The van der Waals surface area contributed by atoms with E-state index in [1.165, 1.54) is 62.2 Å². The molecule has 0 atom stereocenters. The van der Waals surface area contributed by atoms with Crippen molar-refractivity contribution in [2.75, 3.05) is 9.80 Å². The third-order valence-electron chi connectivity index (χ3n) is 12.4. The number of benzene rings is 10. The Kier molecular flexibility index (Phi) is 8.26. The van der Waals surface area contributed by atoms with Crippen LogP contribution in [0.4, 0.5) is 34.1 Å². The lowest BCUT2D eigenvalue weighted by Crippen LogP contribution is -2.13. The first-order valence-electron chi connectivity index (χ1n) is 21.2. The van der Waals surface area contributed by atoms with Gasteiger partial charge in [0.25, 0.3) is 0 Å². The molecule has 10 aromatic carbocycles. The predicted molar refractivity (Wildman–Crippen MR) is 272 cm³/mol. The van der Waals surface area contributed by atoms with Crippen LogP contribution in [-0.4, -0.2) is 0 Å². The second kappa shape index (κ2) is 14.5. The molecular weight excluding hydrogens is 805 g/mol. The Hall–Kier alpha value is -7.70. The summed E-state index contributed by atoms with van der Waals surface area (Å²) in [5.74, 6) is 0. The van der Waals surface area contributed by atoms with Gasteiger partial charge in [-0.15, -0.1) is 22.7 Å². The van der Waals surface area contributed by atoms with Gasteiger partial charge in [0, 0.05) is 85.2 Å². The molecule has 0 radical (unpaired) electrons. The molecule has 0 fully saturated rings. The van der Waals surface area contributed by atoms with Crippen molar-refractivity contribution in [3.8, 4) is 11.1 Å². The molecule has 13 aromatic rings. The van der Waals surface area contributed by atoms with E-state index in [0.717, 1.165) is 56.1 Å². The van der Waals surface area contributed by atoms with Crippen molar-refractivity contribution in [1.82, 2.24) is 0 Å². The molecule has 0 bridgehead atoms. The Labute approximate surface area is 371 Å². The van der Waals surface area contributed by atoms with Gasteiger partial charge in [0.05, 0.1) is 0 Å². The number of rotatable bonds is 7. The van der Waals surface area contributed by atoms with Crippen molar-refractivity contribution >= 4 is 130 Å². The van der Waals surface area contributed by atoms with Gasteiger partial charge in [-0.3, -0.25) is 0 Å². The van der Waals surface area contributed by atoms with Gasteiger partial charge in [0.15, 0.2) is 0 Å². The Morgan fingerprint density at radius 3 is 1.70 bits per heavy atom. The number of anilines is 6. The first-order chi connectivity index (χ1) is 31.2. The highest BCUT2D eigenvalue weighted by Crippen LogP contribution is 2.47. The summed E-state index contributed by atoms with van der Waals surface area (Å²) in [4.78, 5) is 4.76. The number of hydrogen-bond donors (Lipinski definition) is 0. The summed E-state index contributed by atoms with van der Waals surface area (Å²) in [5, 5.41) is 9.77. The molecule has 0 unspecified atom stereocenters. The minimum Gasteiger partial charge on any atom is -0.456 e. The van der Waals surface area contributed by atoms with Crippen molar-refractivity contribution in [2.24, 2.45) is 0 Å². The number of fused-ring (bicyclic) bond motifs is 10. The maximum atomic E-state index is 6.40. The Morgan fingerprint density at radius 2 is 0.889 bits per heavy atom. The van der Waals surface area contributed by atoms with Gasteiger partial charge in [0.2, 0.25) is 0 Å². The van der Waals surface area contributed by atoms with Crippen LogP contribution < -0.4 is 9.80 Å². The van der Waals surface area contributed by atoms with Crippen molar-refractivity contribution < 1.29 is 4.42 Å². The minimum atomic E-state index is 0.908. The fourth-order valence-electron chi connectivity index (χ4n) is 9.46. The quantitative estimate of drug-likeness (QED) is 0.159. The first kappa shape index (κ1) is 36.0. The summed E-state index contributed by atoms with van der Waals surface area (Å²) < 4.78 is 11.5. The molecule has 3 heterocycles. The number of para-hydroxylation sites is 2. The lowest BCUT2D eigenvalue weighted by molar-refractivity contribution is 0.669. The monoisotopic (exact) mass is 840 g/mol. The molecule has 0 amide bonds. The van der Waals surface area contributed by atoms with Crippen LogP contribution in [-0.2, 0) is 0 Å². The molecule has 0 aliphatic carbocycles. The van der Waals surface area contributed by atoms with Gasteiger partial charge in [-0.2, -0.15) is 0 Å². The van der Waals surface area contributed by atoms with E-state index in [1.54, 1.807) is 0 Å². The SMILES string of the molecule is c1ccc(N(c2ccccc2)c2cccc(N(c3ccc4c(c3)sc3c(-c5ccc6oc7cc8ccccc8cc7c6c5)cccc34)c3ccc4sc5ccccc5c4c3)c2)cc1.